The number of rotatable bonds is 3. The third-order valence-electron chi connectivity index (χ3n) is 3.81. The number of aromatic nitrogens is 2. The van der Waals surface area contributed by atoms with Gasteiger partial charge in [-0.05, 0) is 60.7 Å². The van der Waals surface area contributed by atoms with E-state index in [1.165, 1.54) is 12.1 Å². The lowest BCUT2D eigenvalue weighted by atomic mass is 10.2. The average Bonchev–Trinajstić information content (AvgIpc) is 2.64. The highest BCUT2D eigenvalue weighted by atomic mass is 35.5. The summed E-state index contributed by atoms with van der Waals surface area (Å²) in [6, 6.07) is 21.3. The number of hydrogen-bond donors (Lipinski definition) is 1. The number of nitrogens with one attached hydrogen (secondary N) is 1. The summed E-state index contributed by atoms with van der Waals surface area (Å²) < 4.78 is 13.1. The zero-order valence-electron chi connectivity index (χ0n) is 13.1. The summed E-state index contributed by atoms with van der Waals surface area (Å²) in [5.74, 6) is 0.988. The molecule has 1 aromatic heterocycles. The standard InChI is InChI=1S/C20H13ClFN3/c21-14-7-5-13(6-8-14)19-24-18-4-2-1-3-17(18)20(25-19)23-16-11-9-15(22)10-12-16/h1-12H,(H,23,24,25). The molecule has 0 saturated carbocycles. The Hall–Kier alpha value is -2.98. The summed E-state index contributed by atoms with van der Waals surface area (Å²) in [5.41, 5.74) is 2.46. The van der Waals surface area contributed by atoms with E-state index in [-0.39, 0.29) is 5.82 Å². The Labute approximate surface area is 149 Å². The van der Waals surface area contributed by atoms with E-state index in [2.05, 4.69) is 15.3 Å². The molecule has 0 radical (unpaired) electrons. The summed E-state index contributed by atoms with van der Waals surface area (Å²) in [7, 11) is 0. The van der Waals surface area contributed by atoms with Crippen molar-refractivity contribution < 1.29 is 4.39 Å². The number of hydrogen-bond acceptors (Lipinski definition) is 3. The zero-order valence-corrected chi connectivity index (χ0v) is 13.8. The van der Waals surface area contributed by atoms with E-state index in [1.807, 2.05) is 48.5 Å². The lowest BCUT2D eigenvalue weighted by molar-refractivity contribution is 0.628. The molecule has 4 rings (SSSR count). The smallest absolute Gasteiger partial charge is 0.162 e. The molecule has 1 N–H and O–H groups in total. The van der Waals surface area contributed by atoms with Gasteiger partial charge in [-0.2, -0.15) is 0 Å². The Morgan fingerprint density at radius 1 is 0.800 bits per heavy atom. The van der Waals surface area contributed by atoms with Crippen molar-refractivity contribution in [1.29, 1.82) is 0 Å². The maximum atomic E-state index is 13.1. The molecule has 0 aliphatic rings. The number of halogens is 2. The maximum Gasteiger partial charge on any atom is 0.162 e. The normalized spacial score (nSPS) is 10.8. The van der Waals surface area contributed by atoms with Gasteiger partial charge in [-0.25, -0.2) is 14.4 Å². The lowest BCUT2D eigenvalue weighted by Crippen LogP contribution is -1.99. The highest BCUT2D eigenvalue weighted by Crippen LogP contribution is 2.27. The molecular formula is C20H13ClFN3. The second kappa shape index (κ2) is 6.49. The zero-order chi connectivity index (χ0) is 17.2. The van der Waals surface area contributed by atoms with Crippen LogP contribution in [-0.4, -0.2) is 9.97 Å². The van der Waals surface area contributed by atoms with Crippen LogP contribution < -0.4 is 5.32 Å². The van der Waals surface area contributed by atoms with Gasteiger partial charge in [-0.15, -0.1) is 0 Å². The molecule has 3 nitrogen and oxygen atoms in total. The molecule has 0 saturated heterocycles. The van der Waals surface area contributed by atoms with Crippen molar-refractivity contribution in [3.63, 3.8) is 0 Å². The molecule has 1 heterocycles. The van der Waals surface area contributed by atoms with Crippen LogP contribution in [0.5, 0.6) is 0 Å². The van der Waals surface area contributed by atoms with Crippen molar-refractivity contribution in [1.82, 2.24) is 9.97 Å². The van der Waals surface area contributed by atoms with Gasteiger partial charge in [0.25, 0.3) is 0 Å². The third kappa shape index (κ3) is 3.30. The highest BCUT2D eigenvalue weighted by molar-refractivity contribution is 6.30. The van der Waals surface area contributed by atoms with Gasteiger partial charge in [-0.3, -0.25) is 0 Å². The molecule has 0 aliphatic carbocycles. The van der Waals surface area contributed by atoms with Crippen LogP contribution >= 0.6 is 11.6 Å². The predicted octanol–water partition coefficient (Wildman–Crippen LogP) is 5.83. The quantitative estimate of drug-likeness (QED) is 0.505. The number of nitrogens with zero attached hydrogens (tertiary/aromatic N) is 2. The Bertz CT molecular complexity index is 1030. The molecule has 0 atom stereocenters. The largest absolute Gasteiger partial charge is 0.340 e. The first-order chi connectivity index (χ1) is 12.2. The Kier molecular flexibility index (Phi) is 4.04. The molecule has 122 valence electrons. The summed E-state index contributed by atoms with van der Waals surface area (Å²) in [4.78, 5) is 9.30. The molecule has 0 unspecified atom stereocenters. The lowest BCUT2D eigenvalue weighted by Gasteiger charge is -2.11. The Balaban J connectivity index is 1.83. The fourth-order valence-electron chi connectivity index (χ4n) is 2.57. The van der Waals surface area contributed by atoms with Crippen molar-refractivity contribution >= 4 is 34.0 Å². The first-order valence-electron chi connectivity index (χ1n) is 7.74. The number of fused-ring (bicyclic) bond motifs is 1. The van der Waals surface area contributed by atoms with Gasteiger partial charge in [-0.1, -0.05) is 23.7 Å². The van der Waals surface area contributed by atoms with E-state index in [4.69, 9.17) is 11.6 Å². The van der Waals surface area contributed by atoms with Gasteiger partial charge in [0.1, 0.15) is 11.6 Å². The van der Waals surface area contributed by atoms with Gasteiger partial charge in [0.2, 0.25) is 0 Å². The van der Waals surface area contributed by atoms with Crippen molar-refractivity contribution in [3.05, 3.63) is 83.6 Å². The van der Waals surface area contributed by atoms with E-state index < -0.39 is 0 Å². The fourth-order valence-corrected chi connectivity index (χ4v) is 2.70. The van der Waals surface area contributed by atoms with E-state index in [9.17, 15) is 4.39 Å². The Morgan fingerprint density at radius 2 is 1.52 bits per heavy atom. The highest BCUT2D eigenvalue weighted by Gasteiger charge is 2.09. The fraction of sp³-hybridized carbons (Fsp3) is 0. The molecule has 0 aliphatic heterocycles. The Morgan fingerprint density at radius 3 is 2.28 bits per heavy atom. The maximum absolute atomic E-state index is 13.1. The topological polar surface area (TPSA) is 37.8 Å². The van der Waals surface area contributed by atoms with Gasteiger partial charge < -0.3 is 5.32 Å². The minimum atomic E-state index is -0.278. The molecule has 25 heavy (non-hydrogen) atoms. The van der Waals surface area contributed by atoms with Crippen LogP contribution in [0.15, 0.2) is 72.8 Å². The van der Waals surface area contributed by atoms with Crippen LogP contribution in [0, 0.1) is 5.82 Å². The van der Waals surface area contributed by atoms with Gasteiger partial charge in [0.05, 0.1) is 5.52 Å². The van der Waals surface area contributed by atoms with Crippen molar-refractivity contribution in [2.45, 2.75) is 0 Å². The molecule has 3 aromatic carbocycles. The molecular weight excluding hydrogens is 337 g/mol. The number of para-hydroxylation sites is 1. The summed E-state index contributed by atoms with van der Waals surface area (Å²) in [6.45, 7) is 0. The molecule has 0 fully saturated rings. The number of anilines is 2. The van der Waals surface area contributed by atoms with Gasteiger partial charge in [0, 0.05) is 21.7 Å². The van der Waals surface area contributed by atoms with Gasteiger partial charge in [0.15, 0.2) is 5.82 Å². The third-order valence-corrected chi connectivity index (χ3v) is 4.06. The van der Waals surface area contributed by atoms with E-state index >= 15 is 0 Å². The monoisotopic (exact) mass is 349 g/mol. The second-order valence-electron chi connectivity index (χ2n) is 5.55. The van der Waals surface area contributed by atoms with Crippen LogP contribution in [-0.2, 0) is 0 Å². The van der Waals surface area contributed by atoms with Crippen LogP contribution in [0.4, 0.5) is 15.9 Å². The van der Waals surface area contributed by atoms with Crippen LogP contribution in [0.1, 0.15) is 0 Å². The van der Waals surface area contributed by atoms with Gasteiger partial charge >= 0.3 is 0 Å². The van der Waals surface area contributed by atoms with Crippen LogP contribution in [0.25, 0.3) is 22.3 Å². The van der Waals surface area contributed by atoms with Crippen molar-refractivity contribution in [3.8, 4) is 11.4 Å². The summed E-state index contributed by atoms with van der Waals surface area (Å²) in [5, 5.41) is 4.81. The SMILES string of the molecule is Fc1ccc(Nc2nc(-c3ccc(Cl)cc3)nc3ccccc23)cc1. The molecule has 0 spiro atoms. The summed E-state index contributed by atoms with van der Waals surface area (Å²) in [6.07, 6.45) is 0. The van der Waals surface area contributed by atoms with Crippen LogP contribution in [0.3, 0.4) is 0 Å². The van der Waals surface area contributed by atoms with E-state index in [0.29, 0.717) is 16.7 Å². The molecule has 0 bridgehead atoms. The first kappa shape index (κ1) is 15.5. The van der Waals surface area contributed by atoms with Crippen molar-refractivity contribution in [2.75, 3.05) is 5.32 Å². The van der Waals surface area contributed by atoms with Crippen LogP contribution in [0.2, 0.25) is 5.02 Å². The molecule has 4 aromatic rings. The minimum absolute atomic E-state index is 0.278. The average molecular weight is 350 g/mol. The van der Waals surface area contributed by atoms with Crippen molar-refractivity contribution in [2.24, 2.45) is 0 Å². The summed E-state index contributed by atoms with van der Waals surface area (Å²) >= 11 is 5.96. The van der Waals surface area contributed by atoms with E-state index in [0.717, 1.165) is 22.2 Å². The first-order valence-corrected chi connectivity index (χ1v) is 8.12. The number of benzene rings is 3. The van der Waals surface area contributed by atoms with E-state index in [1.54, 1.807) is 12.1 Å². The minimum Gasteiger partial charge on any atom is -0.340 e. The molecule has 5 heteroatoms. The predicted molar refractivity (Wildman–Crippen MR) is 99.7 cm³/mol. The molecule has 0 amide bonds. The second-order valence-corrected chi connectivity index (χ2v) is 5.99.